The molecule has 2 aromatic rings. The molecule has 0 spiro atoms. The van der Waals surface area contributed by atoms with E-state index < -0.39 is 10.2 Å². The third-order valence-corrected chi connectivity index (χ3v) is 7.33. The lowest BCUT2D eigenvalue weighted by atomic mass is 9.95. The summed E-state index contributed by atoms with van der Waals surface area (Å²) >= 11 is 0. The van der Waals surface area contributed by atoms with Crippen molar-refractivity contribution in [2.75, 3.05) is 44.7 Å². The minimum Gasteiger partial charge on any atom is -0.379 e. The van der Waals surface area contributed by atoms with Gasteiger partial charge in [-0.1, -0.05) is 6.07 Å². The van der Waals surface area contributed by atoms with Crippen molar-refractivity contribution in [2.45, 2.75) is 25.7 Å². The summed E-state index contributed by atoms with van der Waals surface area (Å²) in [7, 11) is -3.41. The number of piperidine rings is 1. The first-order valence-corrected chi connectivity index (χ1v) is 11.3. The van der Waals surface area contributed by atoms with Crippen LogP contribution in [0.2, 0.25) is 0 Å². The molecule has 4 heterocycles. The Kier molecular flexibility index (Phi) is 6.04. The van der Waals surface area contributed by atoms with Gasteiger partial charge in [0.2, 0.25) is 0 Å². The van der Waals surface area contributed by atoms with Gasteiger partial charge in [0.1, 0.15) is 11.6 Å². The lowest BCUT2D eigenvalue weighted by Gasteiger charge is -2.36. The van der Waals surface area contributed by atoms with Gasteiger partial charge in [0, 0.05) is 44.0 Å². The number of hydrogen-bond donors (Lipinski definition) is 1. The van der Waals surface area contributed by atoms with Gasteiger partial charge >= 0.3 is 0 Å². The smallest absolute Gasteiger partial charge is 0.282 e. The molecule has 0 unspecified atom stereocenters. The first-order chi connectivity index (χ1) is 14.0. The molecule has 4 rings (SSSR count). The molecule has 2 aliphatic heterocycles. The molecule has 0 aromatic carbocycles. The summed E-state index contributed by atoms with van der Waals surface area (Å²) in [6.45, 7) is 4.68. The third kappa shape index (κ3) is 4.72. The Morgan fingerprint density at radius 1 is 1.00 bits per heavy atom. The number of ether oxygens (including phenoxy) is 1. The average Bonchev–Trinajstić information content (AvgIpc) is 2.75. The van der Waals surface area contributed by atoms with Crippen molar-refractivity contribution >= 4 is 21.8 Å². The van der Waals surface area contributed by atoms with E-state index >= 15 is 0 Å². The van der Waals surface area contributed by atoms with Crippen molar-refractivity contribution in [1.29, 1.82) is 0 Å². The number of anilines is 2. The van der Waals surface area contributed by atoms with Crippen molar-refractivity contribution in [3.05, 3.63) is 42.0 Å². The van der Waals surface area contributed by atoms with Crippen molar-refractivity contribution in [3.63, 3.8) is 0 Å². The van der Waals surface area contributed by atoms with Crippen LogP contribution in [-0.4, -0.2) is 71.4 Å². The van der Waals surface area contributed by atoms with Gasteiger partial charge in [-0.25, -0.2) is 9.97 Å². The van der Waals surface area contributed by atoms with Crippen molar-refractivity contribution in [1.82, 2.24) is 23.6 Å². The first kappa shape index (κ1) is 20.1. The van der Waals surface area contributed by atoms with Gasteiger partial charge in [-0.2, -0.15) is 17.0 Å². The fraction of sp³-hybridized carbons (Fsp3) is 0.526. The summed E-state index contributed by atoms with van der Waals surface area (Å²) in [5, 5.41) is 3.19. The second-order valence-electron chi connectivity index (χ2n) is 7.31. The van der Waals surface area contributed by atoms with E-state index in [2.05, 4.69) is 20.3 Å². The van der Waals surface area contributed by atoms with Gasteiger partial charge in [0.15, 0.2) is 0 Å². The van der Waals surface area contributed by atoms with E-state index in [0.717, 1.165) is 30.0 Å². The molecular weight excluding hydrogens is 392 g/mol. The second-order valence-corrected chi connectivity index (χ2v) is 9.24. The van der Waals surface area contributed by atoms with E-state index in [1.54, 1.807) is 16.7 Å². The minimum absolute atomic E-state index is 0.186. The summed E-state index contributed by atoms with van der Waals surface area (Å²) in [5.74, 6) is 1.55. The Balaban J connectivity index is 1.39. The van der Waals surface area contributed by atoms with E-state index in [1.807, 2.05) is 25.1 Å². The van der Waals surface area contributed by atoms with Crippen LogP contribution >= 0.6 is 0 Å². The minimum atomic E-state index is -3.41. The van der Waals surface area contributed by atoms with Crippen molar-refractivity contribution in [3.8, 4) is 0 Å². The second kappa shape index (κ2) is 8.70. The van der Waals surface area contributed by atoms with Crippen LogP contribution in [0.1, 0.15) is 30.1 Å². The lowest BCUT2D eigenvalue weighted by molar-refractivity contribution is 0.0696. The molecule has 10 heteroatoms. The zero-order chi connectivity index (χ0) is 20.3. The molecule has 2 saturated heterocycles. The molecule has 156 valence electrons. The number of morpholine rings is 1. The Morgan fingerprint density at radius 3 is 2.45 bits per heavy atom. The fourth-order valence-corrected chi connectivity index (χ4v) is 5.31. The Bertz CT molecular complexity index is 940. The first-order valence-electron chi connectivity index (χ1n) is 9.88. The molecule has 1 N–H and O–H groups in total. The molecule has 0 bridgehead atoms. The highest BCUT2D eigenvalue weighted by Crippen LogP contribution is 2.29. The van der Waals surface area contributed by atoms with E-state index in [-0.39, 0.29) is 5.92 Å². The van der Waals surface area contributed by atoms with Crippen LogP contribution in [0.15, 0.2) is 30.6 Å². The van der Waals surface area contributed by atoms with Gasteiger partial charge < -0.3 is 10.1 Å². The monoisotopic (exact) mass is 418 g/mol. The number of hydrogen-bond acceptors (Lipinski definition) is 7. The molecule has 2 fully saturated rings. The lowest BCUT2D eigenvalue weighted by Crippen LogP contribution is -2.50. The van der Waals surface area contributed by atoms with Crippen LogP contribution in [-0.2, 0) is 14.9 Å². The van der Waals surface area contributed by atoms with E-state index in [9.17, 15) is 8.42 Å². The Morgan fingerprint density at radius 2 is 1.72 bits per heavy atom. The van der Waals surface area contributed by atoms with Crippen molar-refractivity contribution in [2.24, 2.45) is 0 Å². The van der Waals surface area contributed by atoms with Gasteiger partial charge in [0.25, 0.3) is 10.2 Å². The highest BCUT2D eigenvalue weighted by Gasteiger charge is 2.34. The van der Waals surface area contributed by atoms with Crippen LogP contribution < -0.4 is 5.32 Å². The summed E-state index contributed by atoms with van der Waals surface area (Å²) in [5.41, 5.74) is 1.80. The number of pyridine rings is 1. The third-order valence-electron chi connectivity index (χ3n) is 5.29. The molecule has 0 radical (unpaired) electrons. The standard InChI is InChI=1S/C19H26N6O3S/c1-15-3-2-4-18(21-15)23-19-14-20-13-17(22-19)16-5-7-24(8-6-16)29(26,27)25-9-11-28-12-10-25/h2-4,13-14,16H,5-12H2,1H3,(H,21,22,23). The van der Waals surface area contributed by atoms with Crippen LogP contribution in [0, 0.1) is 6.92 Å². The number of aromatic nitrogens is 3. The molecule has 9 nitrogen and oxygen atoms in total. The van der Waals surface area contributed by atoms with Gasteiger partial charge in [-0.05, 0) is 31.9 Å². The summed E-state index contributed by atoms with van der Waals surface area (Å²) < 4.78 is 34.0. The predicted molar refractivity (Wildman–Crippen MR) is 109 cm³/mol. The molecule has 0 saturated carbocycles. The molecule has 0 atom stereocenters. The van der Waals surface area contributed by atoms with E-state index in [0.29, 0.717) is 45.2 Å². The summed E-state index contributed by atoms with van der Waals surface area (Å²) in [6, 6.07) is 5.76. The highest BCUT2D eigenvalue weighted by molar-refractivity contribution is 7.86. The maximum absolute atomic E-state index is 12.8. The Hall–Kier alpha value is -2.14. The molecule has 2 aliphatic rings. The van der Waals surface area contributed by atoms with E-state index in [1.165, 1.54) is 4.31 Å². The van der Waals surface area contributed by atoms with Crippen LogP contribution in [0.25, 0.3) is 0 Å². The predicted octanol–water partition coefficient (Wildman–Crippen LogP) is 1.68. The maximum Gasteiger partial charge on any atom is 0.282 e. The summed E-state index contributed by atoms with van der Waals surface area (Å²) in [4.78, 5) is 13.4. The van der Waals surface area contributed by atoms with Crippen molar-refractivity contribution < 1.29 is 13.2 Å². The number of aryl methyl sites for hydroxylation is 1. The number of nitrogens with one attached hydrogen (secondary N) is 1. The zero-order valence-electron chi connectivity index (χ0n) is 16.5. The number of nitrogens with zero attached hydrogens (tertiary/aromatic N) is 5. The average molecular weight is 419 g/mol. The number of rotatable bonds is 5. The topological polar surface area (TPSA) is 101 Å². The molecule has 0 aliphatic carbocycles. The molecular formula is C19H26N6O3S. The van der Waals surface area contributed by atoms with Gasteiger partial charge in [-0.3, -0.25) is 4.98 Å². The Labute approximate surface area is 171 Å². The molecule has 2 aromatic heterocycles. The quantitative estimate of drug-likeness (QED) is 0.788. The van der Waals surface area contributed by atoms with Crippen LogP contribution in [0.3, 0.4) is 0 Å². The van der Waals surface area contributed by atoms with Crippen LogP contribution in [0.4, 0.5) is 11.6 Å². The molecule has 29 heavy (non-hydrogen) atoms. The fourth-order valence-electron chi connectivity index (χ4n) is 3.70. The largest absolute Gasteiger partial charge is 0.379 e. The summed E-state index contributed by atoms with van der Waals surface area (Å²) in [6.07, 6.45) is 4.89. The van der Waals surface area contributed by atoms with E-state index in [4.69, 9.17) is 4.74 Å². The highest BCUT2D eigenvalue weighted by atomic mass is 32.2. The molecule has 0 amide bonds. The van der Waals surface area contributed by atoms with Gasteiger partial charge in [0.05, 0.1) is 25.1 Å². The maximum atomic E-state index is 12.8. The normalized spacial score (nSPS) is 19.9. The van der Waals surface area contributed by atoms with Gasteiger partial charge in [-0.15, -0.1) is 0 Å². The van der Waals surface area contributed by atoms with Crippen LogP contribution in [0.5, 0.6) is 0 Å². The zero-order valence-corrected chi connectivity index (χ0v) is 17.3. The SMILES string of the molecule is Cc1cccc(Nc2cncc(C3CCN(S(=O)(=O)N4CCOCC4)CC3)n2)n1.